The van der Waals surface area contributed by atoms with Crippen LogP contribution in [-0.4, -0.2) is 45.6 Å². The van der Waals surface area contributed by atoms with Crippen molar-refractivity contribution in [2.24, 2.45) is 0 Å². The zero-order chi connectivity index (χ0) is 22.3. The van der Waals surface area contributed by atoms with Crippen molar-refractivity contribution in [2.75, 3.05) is 25.0 Å². The normalized spacial score (nSPS) is 10.9. The number of hydrogen-bond acceptors (Lipinski definition) is 6. The van der Waals surface area contributed by atoms with E-state index in [0.29, 0.717) is 26.1 Å². The van der Waals surface area contributed by atoms with Crippen molar-refractivity contribution >= 4 is 33.3 Å². The number of nitrogens with one attached hydrogen (secondary N) is 1. The number of anilines is 1. The first-order chi connectivity index (χ1) is 15.7. The van der Waals surface area contributed by atoms with Gasteiger partial charge in [0.2, 0.25) is 5.91 Å². The first-order valence-electron chi connectivity index (χ1n) is 10.6. The monoisotopic (exact) mass is 446 g/mol. The largest absolute Gasteiger partial charge is 0.395 e. The third-order valence-corrected chi connectivity index (χ3v) is 6.31. The van der Waals surface area contributed by atoms with Crippen LogP contribution in [0.1, 0.15) is 16.9 Å². The number of aryl methyl sites for hydroxylation is 1. The van der Waals surface area contributed by atoms with Gasteiger partial charge in [-0.15, -0.1) is 11.3 Å². The third-order valence-electron chi connectivity index (χ3n) is 5.30. The van der Waals surface area contributed by atoms with Crippen molar-refractivity contribution < 1.29 is 9.90 Å². The van der Waals surface area contributed by atoms with E-state index < -0.39 is 0 Å². The van der Waals surface area contributed by atoms with Gasteiger partial charge in [0.15, 0.2) is 0 Å². The summed E-state index contributed by atoms with van der Waals surface area (Å²) in [6.45, 7) is 3.28. The highest BCUT2D eigenvalue weighted by Crippen LogP contribution is 2.40. The predicted molar refractivity (Wildman–Crippen MR) is 130 cm³/mol. The van der Waals surface area contributed by atoms with Crippen LogP contribution in [0, 0.1) is 6.92 Å². The van der Waals surface area contributed by atoms with E-state index in [-0.39, 0.29) is 12.5 Å². The van der Waals surface area contributed by atoms with Gasteiger partial charge in [-0.3, -0.25) is 4.79 Å². The number of thiophene rings is 1. The Morgan fingerprint density at radius 2 is 1.78 bits per heavy atom. The summed E-state index contributed by atoms with van der Waals surface area (Å²) in [5, 5.41) is 13.7. The molecule has 0 saturated heterocycles. The molecule has 32 heavy (non-hydrogen) atoms. The molecule has 0 aliphatic carbocycles. The average Bonchev–Trinajstić information content (AvgIpc) is 3.16. The van der Waals surface area contributed by atoms with E-state index in [4.69, 9.17) is 0 Å². The summed E-state index contributed by atoms with van der Waals surface area (Å²) in [7, 11) is 0. The summed E-state index contributed by atoms with van der Waals surface area (Å²) >= 11 is 1.65. The molecule has 0 unspecified atom stereocenters. The molecule has 0 fully saturated rings. The zero-order valence-electron chi connectivity index (χ0n) is 18.0. The van der Waals surface area contributed by atoms with Gasteiger partial charge in [-0.05, 0) is 18.1 Å². The molecular weight excluding hydrogens is 420 g/mol. The van der Waals surface area contributed by atoms with E-state index >= 15 is 0 Å². The standard InChI is InChI=1S/C25H26N4O2S/c1-18-22(20-10-6-3-7-11-20)23-24(27-17-28-25(23)32-18)26-13-12-21(31)29(14-15-30)16-19-8-4-2-5-9-19/h2-11,17,30H,12-16H2,1H3,(H,26,27,28). The number of carbonyl (C=O) groups is 1. The topological polar surface area (TPSA) is 78.4 Å². The van der Waals surface area contributed by atoms with Gasteiger partial charge in [-0.1, -0.05) is 60.7 Å². The van der Waals surface area contributed by atoms with Crippen molar-refractivity contribution in [3.05, 3.63) is 77.4 Å². The van der Waals surface area contributed by atoms with E-state index in [1.807, 2.05) is 48.5 Å². The Morgan fingerprint density at radius 1 is 1.06 bits per heavy atom. The summed E-state index contributed by atoms with van der Waals surface area (Å²) in [4.78, 5) is 25.6. The molecule has 0 aliphatic rings. The molecule has 7 heteroatoms. The highest BCUT2D eigenvalue weighted by molar-refractivity contribution is 7.19. The SMILES string of the molecule is Cc1sc2ncnc(NCCC(=O)N(CCO)Cc3ccccc3)c2c1-c1ccccc1. The van der Waals surface area contributed by atoms with E-state index in [0.717, 1.165) is 32.7 Å². The van der Waals surface area contributed by atoms with E-state index in [9.17, 15) is 9.90 Å². The second-order valence-electron chi connectivity index (χ2n) is 7.50. The molecule has 0 aliphatic heterocycles. The van der Waals surface area contributed by atoms with Gasteiger partial charge in [0.05, 0.1) is 12.0 Å². The molecule has 2 aromatic carbocycles. The second-order valence-corrected chi connectivity index (χ2v) is 8.71. The van der Waals surface area contributed by atoms with Crippen LogP contribution in [0.3, 0.4) is 0 Å². The molecular formula is C25H26N4O2S. The Bertz CT molecular complexity index is 1180. The smallest absolute Gasteiger partial charge is 0.224 e. The number of aliphatic hydroxyl groups excluding tert-OH is 1. The first-order valence-corrected chi connectivity index (χ1v) is 11.4. The van der Waals surface area contributed by atoms with E-state index in [1.54, 1.807) is 22.6 Å². The number of benzene rings is 2. The summed E-state index contributed by atoms with van der Waals surface area (Å²) in [6, 6.07) is 20.0. The Balaban J connectivity index is 1.49. The fourth-order valence-electron chi connectivity index (χ4n) is 3.79. The lowest BCUT2D eigenvalue weighted by molar-refractivity contribution is -0.132. The van der Waals surface area contributed by atoms with Crippen LogP contribution in [0.25, 0.3) is 21.3 Å². The molecule has 1 amide bonds. The van der Waals surface area contributed by atoms with Crippen LogP contribution in [0.2, 0.25) is 0 Å². The number of rotatable bonds is 9. The minimum absolute atomic E-state index is 0.00881. The van der Waals surface area contributed by atoms with Gasteiger partial charge < -0.3 is 15.3 Å². The molecule has 2 aromatic heterocycles. The van der Waals surface area contributed by atoms with Gasteiger partial charge in [-0.25, -0.2) is 9.97 Å². The highest BCUT2D eigenvalue weighted by Gasteiger charge is 2.18. The molecule has 0 radical (unpaired) electrons. The lowest BCUT2D eigenvalue weighted by Gasteiger charge is -2.22. The molecule has 4 rings (SSSR count). The maximum atomic E-state index is 12.8. The molecule has 0 saturated carbocycles. The molecule has 4 aromatic rings. The second kappa shape index (κ2) is 10.3. The lowest BCUT2D eigenvalue weighted by Crippen LogP contribution is -2.34. The minimum atomic E-state index is -0.0624. The number of carbonyl (C=O) groups excluding carboxylic acids is 1. The van der Waals surface area contributed by atoms with Gasteiger partial charge in [0.1, 0.15) is 17.0 Å². The maximum Gasteiger partial charge on any atom is 0.224 e. The van der Waals surface area contributed by atoms with Crippen molar-refractivity contribution in [1.82, 2.24) is 14.9 Å². The zero-order valence-corrected chi connectivity index (χ0v) is 18.8. The molecule has 164 valence electrons. The average molecular weight is 447 g/mol. The van der Waals surface area contributed by atoms with Gasteiger partial charge in [-0.2, -0.15) is 0 Å². The Kier molecular flexibility index (Phi) is 7.09. The predicted octanol–water partition coefficient (Wildman–Crippen LogP) is 4.49. The maximum absolute atomic E-state index is 12.8. The van der Waals surface area contributed by atoms with Gasteiger partial charge in [0.25, 0.3) is 0 Å². The molecule has 2 heterocycles. The van der Waals surface area contributed by atoms with Crippen LogP contribution in [0.15, 0.2) is 67.0 Å². The quantitative estimate of drug-likeness (QED) is 0.396. The van der Waals surface area contributed by atoms with Crippen LogP contribution < -0.4 is 5.32 Å². The summed E-state index contributed by atoms with van der Waals surface area (Å²) < 4.78 is 0. The lowest BCUT2D eigenvalue weighted by atomic mass is 10.0. The number of amides is 1. The van der Waals surface area contributed by atoms with Crippen LogP contribution in [-0.2, 0) is 11.3 Å². The fourth-order valence-corrected chi connectivity index (χ4v) is 4.81. The number of fused-ring (bicyclic) bond motifs is 1. The van der Waals surface area contributed by atoms with Crippen molar-refractivity contribution in [3.8, 4) is 11.1 Å². The Hall–Kier alpha value is -3.29. The van der Waals surface area contributed by atoms with Crippen LogP contribution in [0.5, 0.6) is 0 Å². The molecule has 2 N–H and O–H groups in total. The van der Waals surface area contributed by atoms with Crippen molar-refractivity contribution in [1.29, 1.82) is 0 Å². The van der Waals surface area contributed by atoms with Crippen molar-refractivity contribution in [2.45, 2.75) is 19.9 Å². The third kappa shape index (κ3) is 4.95. The number of hydrogen-bond donors (Lipinski definition) is 2. The number of aromatic nitrogens is 2. The summed E-state index contributed by atoms with van der Waals surface area (Å²) in [5.41, 5.74) is 3.30. The molecule has 0 spiro atoms. The van der Waals surface area contributed by atoms with E-state index in [2.05, 4.69) is 34.3 Å². The molecule has 0 bridgehead atoms. The Labute approximate surface area is 191 Å². The fraction of sp³-hybridized carbons (Fsp3) is 0.240. The number of aliphatic hydroxyl groups is 1. The van der Waals surface area contributed by atoms with E-state index in [1.165, 1.54) is 4.88 Å². The van der Waals surface area contributed by atoms with Gasteiger partial charge in [0, 0.05) is 36.5 Å². The number of nitrogens with zero attached hydrogens (tertiary/aromatic N) is 3. The van der Waals surface area contributed by atoms with Crippen LogP contribution in [0.4, 0.5) is 5.82 Å². The van der Waals surface area contributed by atoms with Crippen molar-refractivity contribution in [3.63, 3.8) is 0 Å². The first kappa shape index (κ1) is 21.9. The Morgan fingerprint density at radius 3 is 2.50 bits per heavy atom. The highest BCUT2D eigenvalue weighted by atomic mass is 32.1. The molecule has 6 nitrogen and oxygen atoms in total. The van der Waals surface area contributed by atoms with Gasteiger partial charge >= 0.3 is 0 Å². The molecule has 0 atom stereocenters. The minimum Gasteiger partial charge on any atom is -0.395 e. The van der Waals surface area contributed by atoms with Crippen LogP contribution >= 0.6 is 11.3 Å². The summed E-state index contributed by atoms with van der Waals surface area (Å²) in [6.07, 6.45) is 1.87. The summed E-state index contributed by atoms with van der Waals surface area (Å²) in [5.74, 6) is 0.730.